The Bertz CT molecular complexity index is 741. The van der Waals surface area contributed by atoms with Crippen LogP contribution in [-0.2, 0) is 22.4 Å². The second-order valence-corrected chi connectivity index (χ2v) is 7.67. The summed E-state index contributed by atoms with van der Waals surface area (Å²) in [6.07, 6.45) is 1.93. The van der Waals surface area contributed by atoms with E-state index in [1.165, 1.54) is 0 Å². The Labute approximate surface area is 171 Å². The lowest BCUT2D eigenvalue weighted by molar-refractivity contribution is -0.138. The molecule has 4 N–H and O–H groups in total. The zero-order valence-electron chi connectivity index (χ0n) is 16.4. The van der Waals surface area contributed by atoms with Gasteiger partial charge in [-0.15, -0.1) is 0 Å². The van der Waals surface area contributed by atoms with Gasteiger partial charge in [-0.2, -0.15) is 0 Å². The molecule has 0 radical (unpaired) electrons. The minimum Gasteiger partial charge on any atom is -0.394 e. The van der Waals surface area contributed by atoms with Gasteiger partial charge in [0.2, 0.25) is 11.8 Å². The topological polar surface area (TPSA) is 98.7 Å². The van der Waals surface area contributed by atoms with Gasteiger partial charge in [0.15, 0.2) is 0 Å². The number of rotatable bonds is 10. The summed E-state index contributed by atoms with van der Waals surface area (Å²) in [5.41, 5.74) is 0.905. The van der Waals surface area contributed by atoms with Crippen LogP contribution in [0.5, 0.6) is 0 Å². The summed E-state index contributed by atoms with van der Waals surface area (Å²) in [6.45, 7) is -0.406. The van der Waals surface area contributed by atoms with E-state index in [4.69, 9.17) is 0 Å². The van der Waals surface area contributed by atoms with Crippen LogP contribution in [0.4, 0.5) is 0 Å². The summed E-state index contributed by atoms with van der Waals surface area (Å²) in [4.78, 5) is 25.6. The van der Waals surface area contributed by atoms with Crippen molar-refractivity contribution < 1.29 is 19.8 Å². The van der Waals surface area contributed by atoms with E-state index >= 15 is 0 Å². The van der Waals surface area contributed by atoms with Crippen LogP contribution in [0, 0.1) is 5.41 Å². The summed E-state index contributed by atoms with van der Waals surface area (Å²) in [5.74, 6) is -0.720. The SMILES string of the molecule is O=C(N[C@H](CO)Cc1ccccc1)C1(C(=O)N[C@H](CO)Cc2ccccc2)CC1. The van der Waals surface area contributed by atoms with Gasteiger partial charge in [0, 0.05) is 0 Å². The number of aliphatic hydroxyl groups excluding tert-OH is 2. The molecule has 0 saturated heterocycles. The van der Waals surface area contributed by atoms with Gasteiger partial charge in [-0.25, -0.2) is 0 Å². The van der Waals surface area contributed by atoms with Gasteiger partial charge in [-0.1, -0.05) is 60.7 Å². The van der Waals surface area contributed by atoms with Gasteiger partial charge in [0.1, 0.15) is 5.41 Å². The molecular weight excluding hydrogens is 368 g/mol. The summed E-state index contributed by atoms with van der Waals surface area (Å²) >= 11 is 0. The average Bonchev–Trinajstić information content (AvgIpc) is 3.56. The molecule has 2 atom stereocenters. The number of hydrogen-bond donors (Lipinski definition) is 4. The third-order valence-electron chi connectivity index (χ3n) is 5.38. The minimum atomic E-state index is -1.10. The number of nitrogens with one attached hydrogen (secondary N) is 2. The number of aliphatic hydroxyl groups is 2. The largest absolute Gasteiger partial charge is 0.394 e. The maximum Gasteiger partial charge on any atom is 0.236 e. The summed E-state index contributed by atoms with van der Waals surface area (Å²) in [7, 11) is 0. The molecule has 0 heterocycles. The van der Waals surface area contributed by atoms with Crippen molar-refractivity contribution in [3.05, 3.63) is 71.8 Å². The molecule has 3 rings (SSSR count). The highest BCUT2D eigenvalue weighted by atomic mass is 16.3. The molecule has 6 heteroatoms. The molecular formula is C23H28N2O4. The molecule has 6 nitrogen and oxygen atoms in total. The smallest absolute Gasteiger partial charge is 0.236 e. The number of hydrogen-bond acceptors (Lipinski definition) is 4. The predicted molar refractivity (Wildman–Crippen MR) is 110 cm³/mol. The van der Waals surface area contributed by atoms with Crippen LogP contribution in [0.3, 0.4) is 0 Å². The highest BCUT2D eigenvalue weighted by Crippen LogP contribution is 2.46. The Balaban J connectivity index is 1.58. The Hall–Kier alpha value is -2.70. The van der Waals surface area contributed by atoms with Crippen molar-refractivity contribution in [3.63, 3.8) is 0 Å². The highest BCUT2D eigenvalue weighted by molar-refractivity contribution is 6.08. The van der Waals surface area contributed by atoms with E-state index in [0.717, 1.165) is 11.1 Å². The first-order chi connectivity index (χ1) is 14.1. The molecule has 1 aliphatic carbocycles. The molecule has 0 spiro atoms. The van der Waals surface area contributed by atoms with E-state index in [2.05, 4.69) is 10.6 Å². The van der Waals surface area contributed by atoms with Gasteiger partial charge in [-0.3, -0.25) is 9.59 Å². The van der Waals surface area contributed by atoms with E-state index in [1.54, 1.807) is 0 Å². The molecule has 2 amide bonds. The van der Waals surface area contributed by atoms with E-state index in [-0.39, 0.29) is 25.0 Å². The molecule has 2 aromatic carbocycles. The Morgan fingerprint density at radius 3 is 1.45 bits per heavy atom. The van der Waals surface area contributed by atoms with Gasteiger partial charge >= 0.3 is 0 Å². The molecule has 0 bridgehead atoms. The third-order valence-corrected chi connectivity index (χ3v) is 5.38. The van der Waals surface area contributed by atoms with Crippen molar-refractivity contribution in [1.82, 2.24) is 10.6 Å². The molecule has 0 aromatic heterocycles. The molecule has 0 unspecified atom stereocenters. The van der Waals surface area contributed by atoms with E-state index in [9.17, 15) is 19.8 Å². The van der Waals surface area contributed by atoms with Crippen LogP contribution in [0.2, 0.25) is 0 Å². The van der Waals surface area contributed by atoms with Gasteiger partial charge in [0.25, 0.3) is 0 Å². The van der Waals surface area contributed by atoms with Gasteiger partial charge < -0.3 is 20.8 Å². The first-order valence-electron chi connectivity index (χ1n) is 9.99. The maximum atomic E-state index is 12.8. The lowest BCUT2D eigenvalue weighted by Gasteiger charge is -2.23. The Kier molecular flexibility index (Phi) is 7.01. The van der Waals surface area contributed by atoms with Crippen LogP contribution in [-0.4, -0.2) is 47.3 Å². The molecule has 1 aliphatic rings. The van der Waals surface area contributed by atoms with Crippen molar-refractivity contribution >= 4 is 11.8 Å². The number of amides is 2. The molecule has 2 aromatic rings. The van der Waals surface area contributed by atoms with E-state index in [1.807, 2.05) is 60.7 Å². The standard InChI is InChI=1S/C23H28N2O4/c26-15-19(13-17-7-3-1-4-8-17)24-21(28)23(11-12-23)22(29)25-20(16-27)14-18-9-5-2-6-10-18/h1-10,19-20,26-27H,11-16H2,(H,24,28)(H,25,29)/t19-,20-/m0/s1. The fourth-order valence-electron chi connectivity index (χ4n) is 3.45. The van der Waals surface area contributed by atoms with Crippen molar-refractivity contribution in [1.29, 1.82) is 0 Å². The number of benzene rings is 2. The second-order valence-electron chi connectivity index (χ2n) is 7.67. The summed E-state index contributed by atoms with van der Waals surface area (Å²) in [6, 6.07) is 18.3. The fourth-order valence-corrected chi connectivity index (χ4v) is 3.45. The van der Waals surface area contributed by atoms with Crippen LogP contribution >= 0.6 is 0 Å². The fraction of sp³-hybridized carbons (Fsp3) is 0.391. The van der Waals surface area contributed by atoms with Crippen molar-refractivity contribution in [2.24, 2.45) is 5.41 Å². The summed E-state index contributed by atoms with van der Waals surface area (Å²) in [5, 5.41) is 25.0. The second kappa shape index (κ2) is 9.67. The van der Waals surface area contributed by atoms with E-state index < -0.39 is 17.5 Å². The average molecular weight is 396 g/mol. The zero-order valence-corrected chi connectivity index (χ0v) is 16.4. The monoisotopic (exact) mass is 396 g/mol. The maximum absolute atomic E-state index is 12.8. The van der Waals surface area contributed by atoms with Crippen LogP contribution in [0.15, 0.2) is 60.7 Å². The van der Waals surface area contributed by atoms with Crippen molar-refractivity contribution in [2.45, 2.75) is 37.8 Å². The summed E-state index contributed by atoms with van der Waals surface area (Å²) < 4.78 is 0. The number of carbonyl (C=O) groups excluding carboxylic acids is 2. The predicted octanol–water partition coefficient (Wildman–Crippen LogP) is 1.21. The first kappa shape index (κ1) is 21.0. The van der Waals surface area contributed by atoms with E-state index in [0.29, 0.717) is 25.7 Å². The molecule has 29 heavy (non-hydrogen) atoms. The number of carbonyl (C=O) groups is 2. The molecule has 0 aliphatic heterocycles. The van der Waals surface area contributed by atoms with Gasteiger partial charge in [-0.05, 0) is 36.8 Å². The lowest BCUT2D eigenvalue weighted by atomic mass is 10.0. The first-order valence-corrected chi connectivity index (χ1v) is 9.99. The van der Waals surface area contributed by atoms with Crippen LogP contribution in [0.1, 0.15) is 24.0 Å². The lowest BCUT2D eigenvalue weighted by Crippen LogP contribution is -2.51. The zero-order chi connectivity index (χ0) is 20.7. The molecule has 1 saturated carbocycles. The molecule has 1 fully saturated rings. The van der Waals surface area contributed by atoms with Crippen molar-refractivity contribution in [2.75, 3.05) is 13.2 Å². The van der Waals surface area contributed by atoms with Gasteiger partial charge in [0.05, 0.1) is 25.3 Å². The highest BCUT2D eigenvalue weighted by Gasteiger charge is 2.57. The minimum absolute atomic E-state index is 0.203. The van der Waals surface area contributed by atoms with Crippen molar-refractivity contribution in [3.8, 4) is 0 Å². The Morgan fingerprint density at radius 1 is 0.759 bits per heavy atom. The Morgan fingerprint density at radius 2 is 1.14 bits per heavy atom. The quantitative estimate of drug-likeness (QED) is 0.454. The van der Waals surface area contributed by atoms with Crippen LogP contribution < -0.4 is 10.6 Å². The molecule has 154 valence electrons. The van der Waals surface area contributed by atoms with Crippen LogP contribution in [0.25, 0.3) is 0 Å². The third kappa shape index (κ3) is 5.43. The normalized spacial score (nSPS) is 16.5.